The van der Waals surface area contributed by atoms with Gasteiger partial charge in [-0.3, -0.25) is 0 Å². The highest BCUT2D eigenvalue weighted by atomic mass is 32.1. The van der Waals surface area contributed by atoms with Gasteiger partial charge in [-0.05, 0) is 92.2 Å². The Balaban J connectivity index is 1.14. The van der Waals surface area contributed by atoms with Crippen molar-refractivity contribution >= 4 is 59.3 Å². The van der Waals surface area contributed by atoms with Crippen LogP contribution < -0.4 is 4.90 Å². The van der Waals surface area contributed by atoms with Crippen molar-refractivity contribution in [1.82, 2.24) is 0 Å². The third-order valence-corrected chi connectivity index (χ3v) is 11.6. The van der Waals surface area contributed by atoms with Gasteiger partial charge in [0.1, 0.15) is 0 Å². The lowest BCUT2D eigenvalue weighted by molar-refractivity contribution is 1.30. The van der Waals surface area contributed by atoms with Crippen LogP contribution in [0.4, 0.5) is 17.1 Å². The number of benzene rings is 9. The molecule has 0 fully saturated rings. The average molecular weight is 706 g/mol. The molecule has 0 saturated heterocycles. The van der Waals surface area contributed by atoms with E-state index in [1.54, 1.807) is 0 Å². The fourth-order valence-electron chi connectivity index (χ4n) is 7.89. The zero-order valence-electron chi connectivity index (χ0n) is 29.6. The van der Waals surface area contributed by atoms with Crippen molar-refractivity contribution in [2.75, 3.05) is 4.90 Å². The molecule has 2 heteroatoms. The summed E-state index contributed by atoms with van der Waals surface area (Å²) >= 11 is 1.86. The van der Waals surface area contributed by atoms with Gasteiger partial charge in [0.05, 0.1) is 5.69 Å². The molecule has 0 aliphatic carbocycles. The van der Waals surface area contributed by atoms with Crippen LogP contribution >= 0.6 is 11.3 Å². The van der Waals surface area contributed by atoms with Crippen LogP contribution in [0.5, 0.6) is 0 Å². The maximum atomic E-state index is 2.44. The number of fused-ring (bicyclic) bond motifs is 4. The van der Waals surface area contributed by atoms with Crippen LogP contribution in [0.15, 0.2) is 212 Å². The summed E-state index contributed by atoms with van der Waals surface area (Å²) in [4.78, 5) is 2.44. The first-order valence-electron chi connectivity index (χ1n) is 18.4. The molecule has 10 aromatic rings. The molecule has 1 nitrogen and oxygen atoms in total. The summed E-state index contributed by atoms with van der Waals surface area (Å²) < 4.78 is 2.59. The van der Waals surface area contributed by atoms with Crippen LogP contribution in [0, 0.1) is 0 Å². The predicted molar refractivity (Wildman–Crippen MR) is 233 cm³/mol. The minimum atomic E-state index is 1.11. The van der Waals surface area contributed by atoms with Crippen LogP contribution in [-0.2, 0) is 0 Å². The molecule has 0 unspecified atom stereocenters. The maximum Gasteiger partial charge on any atom is 0.0546 e. The molecule has 0 atom stereocenters. The van der Waals surface area contributed by atoms with Gasteiger partial charge in [-0.25, -0.2) is 0 Å². The van der Waals surface area contributed by atoms with Gasteiger partial charge in [-0.2, -0.15) is 0 Å². The Morgan fingerprint density at radius 2 is 0.889 bits per heavy atom. The predicted octanol–water partition coefficient (Wildman–Crippen LogP) is 15.3. The van der Waals surface area contributed by atoms with Crippen LogP contribution in [0.2, 0.25) is 0 Å². The molecule has 9 aromatic carbocycles. The Kier molecular flexibility index (Phi) is 8.09. The smallest absolute Gasteiger partial charge is 0.0546 e. The van der Waals surface area contributed by atoms with Gasteiger partial charge in [0.2, 0.25) is 0 Å². The first kappa shape index (κ1) is 32.0. The molecular formula is C52H35NS. The van der Waals surface area contributed by atoms with Crippen LogP contribution in [0.1, 0.15) is 0 Å². The van der Waals surface area contributed by atoms with Crippen molar-refractivity contribution in [3.63, 3.8) is 0 Å². The lowest BCUT2D eigenvalue weighted by atomic mass is 9.91. The van der Waals surface area contributed by atoms with E-state index >= 15 is 0 Å². The Morgan fingerprint density at radius 3 is 1.63 bits per heavy atom. The normalized spacial score (nSPS) is 11.3. The van der Waals surface area contributed by atoms with Gasteiger partial charge >= 0.3 is 0 Å². The molecule has 0 bridgehead atoms. The molecule has 0 aliphatic heterocycles. The summed E-state index contributed by atoms with van der Waals surface area (Å²) in [7, 11) is 0. The lowest BCUT2D eigenvalue weighted by Gasteiger charge is -2.29. The number of nitrogens with zero attached hydrogens (tertiary/aromatic N) is 1. The summed E-state index contributed by atoms with van der Waals surface area (Å²) in [6.07, 6.45) is 0. The minimum Gasteiger partial charge on any atom is -0.310 e. The van der Waals surface area contributed by atoms with E-state index in [-0.39, 0.29) is 0 Å². The van der Waals surface area contributed by atoms with Gasteiger partial charge in [-0.1, -0.05) is 170 Å². The van der Waals surface area contributed by atoms with Gasteiger partial charge in [0.25, 0.3) is 0 Å². The Labute approximate surface area is 319 Å². The Hall–Kier alpha value is -6.74. The van der Waals surface area contributed by atoms with E-state index in [1.807, 2.05) is 11.3 Å². The summed E-state index contributed by atoms with van der Waals surface area (Å²) in [5, 5.41) is 5.06. The highest BCUT2D eigenvalue weighted by Gasteiger charge is 2.21. The van der Waals surface area contributed by atoms with E-state index < -0.39 is 0 Å². The lowest BCUT2D eigenvalue weighted by Crippen LogP contribution is -2.11. The monoisotopic (exact) mass is 705 g/mol. The molecule has 0 N–H and O–H groups in total. The molecule has 54 heavy (non-hydrogen) atoms. The molecule has 0 saturated carbocycles. The molecule has 0 amide bonds. The zero-order chi connectivity index (χ0) is 35.8. The number of thiophene rings is 1. The van der Waals surface area contributed by atoms with E-state index in [1.165, 1.54) is 75.5 Å². The molecule has 254 valence electrons. The number of hydrogen-bond donors (Lipinski definition) is 0. The van der Waals surface area contributed by atoms with Gasteiger partial charge in [0.15, 0.2) is 0 Å². The number of hydrogen-bond acceptors (Lipinski definition) is 2. The summed E-state index contributed by atoms with van der Waals surface area (Å²) in [5.41, 5.74) is 13.1. The second-order valence-corrected chi connectivity index (χ2v) is 14.8. The van der Waals surface area contributed by atoms with Crippen molar-refractivity contribution < 1.29 is 0 Å². The van der Waals surface area contributed by atoms with Crippen molar-refractivity contribution in [2.24, 2.45) is 0 Å². The van der Waals surface area contributed by atoms with Crippen LogP contribution in [-0.4, -0.2) is 0 Å². The second-order valence-electron chi connectivity index (χ2n) is 13.7. The maximum absolute atomic E-state index is 2.44. The second kappa shape index (κ2) is 13.7. The fraction of sp³-hybridized carbons (Fsp3) is 0. The molecule has 10 rings (SSSR count). The van der Waals surface area contributed by atoms with Crippen LogP contribution in [0.3, 0.4) is 0 Å². The summed E-state index contributed by atoms with van der Waals surface area (Å²) in [5.74, 6) is 0. The van der Waals surface area contributed by atoms with Gasteiger partial charge in [0, 0.05) is 37.1 Å². The molecule has 1 aromatic heterocycles. The molecule has 0 spiro atoms. The van der Waals surface area contributed by atoms with Gasteiger partial charge < -0.3 is 4.90 Å². The topological polar surface area (TPSA) is 3.24 Å². The molecular weight excluding hydrogens is 671 g/mol. The Bertz CT molecular complexity index is 2910. The highest BCUT2D eigenvalue weighted by molar-refractivity contribution is 7.25. The zero-order valence-corrected chi connectivity index (χ0v) is 30.4. The van der Waals surface area contributed by atoms with Crippen molar-refractivity contribution in [2.45, 2.75) is 0 Å². The van der Waals surface area contributed by atoms with Crippen molar-refractivity contribution in [3.05, 3.63) is 212 Å². The van der Waals surface area contributed by atoms with E-state index in [0.717, 1.165) is 17.1 Å². The standard InChI is InChI=1S/C52H35NS/c1-4-14-37(15-5-1)44-31-26-41(34-48(44)38-16-6-2-7-17-38)36-24-28-42(29-25-36)53(43-30-32-47-46-22-12-13-23-50(46)54-51(47)35-43)49-33-27-39-18-10-11-21-45(39)52(49)40-19-8-3-9-20-40/h1-35H. The van der Waals surface area contributed by atoms with E-state index in [4.69, 9.17) is 0 Å². The minimum absolute atomic E-state index is 1.11. The SMILES string of the molecule is c1ccc(-c2ccc(-c3ccc(N(c4ccc5c(c4)sc4ccccc45)c4ccc5ccccc5c4-c4ccccc4)cc3)cc2-c2ccccc2)cc1. The summed E-state index contributed by atoms with van der Waals surface area (Å²) in [6, 6.07) is 77.2. The first-order valence-corrected chi connectivity index (χ1v) is 19.2. The van der Waals surface area contributed by atoms with Gasteiger partial charge in [-0.15, -0.1) is 11.3 Å². The molecule has 0 radical (unpaired) electrons. The largest absolute Gasteiger partial charge is 0.310 e. The van der Waals surface area contributed by atoms with E-state index in [2.05, 4.69) is 217 Å². The number of anilines is 3. The molecule has 0 aliphatic rings. The number of rotatable bonds is 7. The first-order chi connectivity index (χ1) is 26.8. The fourth-order valence-corrected chi connectivity index (χ4v) is 9.03. The average Bonchev–Trinajstić information content (AvgIpc) is 3.63. The highest BCUT2D eigenvalue weighted by Crippen LogP contribution is 2.46. The van der Waals surface area contributed by atoms with E-state index in [9.17, 15) is 0 Å². The third kappa shape index (κ3) is 5.74. The van der Waals surface area contributed by atoms with Crippen molar-refractivity contribution in [3.8, 4) is 44.5 Å². The van der Waals surface area contributed by atoms with E-state index in [0.29, 0.717) is 0 Å². The molecule has 1 heterocycles. The van der Waals surface area contributed by atoms with Crippen LogP contribution in [0.25, 0.3) is 75.5 Å². The third-order valence-electron chi connectivity index (χ3n) is 10.5. The summed E-state index contributed by atoms with van der Waals surface area (Å²) in [6.45, 7) is 0. The quantitative estimate of drug-likeness (QED) is 0.160. The van der Waals surface area contributed by atoms with Crippen molar-refractivity contribution in [1.29, 1.82) is 0 Å². The Morgan fingerprint density at radius 1 is 0.315 bits per heavy atom.